The number of aliphatic hydroxyl groups excluding tert-OH is 1. The number of carbonyl (C=O) groups excluding carboxylic acids is 1. The molecule has 1 N–H and O–H groups in total. The average Bonchev–Trinajstić information content (AvgIpc) is 3.09. The van der Waals surface area contributed by atoms with Crippen LogP contribution in [-0.2, 0) is 0 Å². The van der Waals surface area contributed by atoms with Gasteiger partial charge >= 0.3 is 0 Å². The number of ketones is 1. The Morgan fingerprint density at radius 3 is 2.71 bits per heavy atom. The van der Waals surface area contributed by atoms with E-state index in [0.29, 0.717) is 0 Å². The van der Waals surface area contributed by atoms with Gasteiger partial charge in [-0.25, -0.2) is 0 Å². The second-order valence-corrected chi connectivity index (χ2v) is 5.48. The van der Waals surface area contributed by atoms with Crippen LogP contribution in [0.3, 0.4) is 0 Å². The molecule has 2 heteroatoms. The van der Waals surface area contributed by atoms with E-state index < -0.39 is 0 Å². The molecule has 0 aromatic heterocycles. The molecule has 3 atom stereocenters. The largest absolute Gasteiger partial charge is 0.393 e. The molecule has 1 spiro atoms. The topological polar surface area (TPSA) is 37.3 Å². The van der Waals surface area contributed by atoms with Gasteiger partial charge in [0.2, 0.25) is 0 Å². The summed E-state index contributed by atoms with van der Waals surface area (Å²) in [6, 6.07) is 9.49. The number of benzene rings is 1. The fraction of sp³-hybridized carbons (Fsp3) is 0.533. The second-order valence-electron chi connectivity index (χ2n) is 5.48. The first-order chi connectivity index (χ1) is 8.24. The summed E-state index contributed by atoms with van der Waals surface area (Å²) in [5.41, 5.74) is 0.734. The van der Waals surface area contributed by atoms with Crippen LogP contribution in [0.15, 0.2) is 30.3 Å². The molecule has 0 unspecified atom stereocenters. The van der Waals surface area contributed by atoms with Crippen molar-refractivity contribution in [3.05, 3.63) is 35.9 Å². The zero-order chi connectivity index (χ0) is 11.9. The molecule has 3 rings (SSSR count). The minimum atomic E-state index is -0.256. The minimum Gasteiger partial charge on any atom is -0.393 e. The van der Waals surface area contributed by atoms with Gasteiger partial charge in [-0.15, -0.1) is 0 Å². The van der Waals surface area contributed by atoms with Gasteiger partial charge in [-0.2, -0.15) is 0 Å². The lowest BCUT2D eigenvalue weighted by Crippen LogP contribution is -2.29. The lowest BCUT2D eigenvalue weighted by Gasteiger charge is -2.28. The molecule has 0 saturated heterocycles. The molecule has 0 bridgehead atoms. The van der Waals surface area contributed by atoms with Crippen molar-refractivity contribution >= 4 is 5.78 Å². The second kappa shape index (κ2) is 3.95. The molecule has 0 radical (unpaired) electrons. The maximum atomic E-state index is 12.3. The summed E-state index contributed by atoms with van der Waals surface area (Å²) in [6.45, 7) is 0. The van der Waals surface area contributed by atoms with Crippen molar-refractivity contribution < 1.29 is 9.90 Å². The Labute approximate surface area is 102 Å². The quantitative estimate of drug-likeness (QED) is 0.793. The van der Waals surface area contributed by atoms with Crippen molar-refractivity contribution in [2.24, 2.45) is 11.3 Å². The summed E-state index contributed by atoms with van der Waals surface area (Å²) in [7, 11) is 0. The zero-order valence-corrected chi connectivity index (χ0v) is 9.93. The Balaban J connectivity index is 1.78. The van der Waals surface area contributed by atoms with E-state index in [1.165, 1.54) is 0 Å². The monoisotopic (exact) mass is 230 g/mol. The molecule has 0 amide bonds. The van der Waals surface area contributed by atoms with E-state index in [4.69, 9.17) is 0 Å². The van der Waals surface area contributed by atoms with Crippen molar-refractivity contribution in [1.29, 1.82) is 0 Å². The summed E-state index contributed by atoms with van der Waals surface area (Å²) in [6.07, 6.45) is 4.80. The van der Waals surface area contributed by atoms with Crippen LogP contribution in [0.5, 0.6) is 0 Å². The third kappa shape index (κ3) is 1.71. The van der Waals surface area contributed by atoms with Gasteiger partial charge in [-0.3, -0.25) is 4.79 Å². The van der Waals surface area contributed by atoms with E-state index in [-0.39, 0.29) is 23.2 Å². The van der Waals surface area contributed by atoms with Crippen LogP contribution in [0.25, 0.3) is 0 Å². The Bertz CT molecular complexity index is 426. The van der Waals surface area contributed by atoms with E-state index in [2.05, 4.69) is 0 Å². The molecule has 2 aliphatic carbocycles. The molecular weight excluding hydrogens is 212 g/mol. The van der Waals surface area contributed by atoms with Crippen molar-refractivity contribution in [3.63, 3.8) is 0 Å². The molecule has 2 nitrogen and oxygen atoms in total. The van der Waals surface area contributed by atoms with Gasteiger partial charge in [0.05, 0.1) is 6.10 Å². The summed E-state index contributed by atoms with van der Waals surface area (Å²) in [5, 5.41) is 10.1. The van der Waals surface area contributed by atoms with Gasteiger partial charge in [-0.05, 0) is 19.3 Å². The first-order valence-corrected chi connectivity index (χ1v) is 6.51. The number of carbonyl (C=O) groups is 1. The number of hydrogen-bond donors (Lipinski definition) is 1. The fourth-order valence-corrected chi connectivity index (χ4v) is 3.37. The fourth-order valence-electron chi connectivity index (χ4n) is 3.37. The molecule has 2 saturated carbocycles. The smallest absolute Gasteiger partial charge is 0.166 e. The van der Waals surface area contributed by atoms with Crippen molar-refractivity contribution in [3.8, 4) is 0 Å². The lowest BCUT2D eigenvalue weighted by molar-refractivity contribution is 0.0425. The van der Waals surface area contributed by atoms with Crippen LogP contribution < -0.4 is 0 Å². The van der Waals surface area contributed by atoms with Crippen molar-refractivity contribution in [1.82, 2.24) is 0 Å². The highest BCUT2D eigenvalue weighted by molar-refractivity contribution is 6.00. The first-order valence-electron chi connectivity index (χ1n) is 6.51. The van der Waals surface area contributed by atoms with E-state index in [1.54, 1.807) is 0 Å². The van der Waals surface area contributed by atoms with Gasteiger partial charge in [0, 0.05) is 16.9 Å². The summed E-state index contributed by atoms with van der Waals surface area (Å²) in [4.78, 5) is 12.3. The van der Waals surface area contributed by atoms with Crippen LogP contribution in [0.4, 0.5) is 0 Å². The van der Waals surface area contributed by atoms with Gasteiger partial charge in [0.1, 0.15) is 0 Å². The Hall–Kier alpha value is -1.15. The zero-order valence-electron chi connectivity index (χ0n) is 9.93. The maximum Gasteiger partial charge on any atom is 0.166 e. The predicted octanol–water partition coefficient (Wildman–Crippen LogP) is 2.81. The van der Waals surface area contributed by atoms with E-state index in [0.717, 1.165) is 37.7 Å². The van der Waals surface area contributed by atoms with Crippen LogP contribution in [0, 0.1) is 11.3 Å². The standard InChI is InChI=1S/C15H18O2/c16-13-8-4-5-9-15(13)10-12(15)14(17)11-6-2-1-3-7-11/h1-3,6-7,12-13,16H,4-5,8-10H2/t12-,13+,15+/m0/s1. The molecule has 2 aliphatic rings. The predicted molar refractivity (Wildman–Crippen MR) is 65.8 cm³/mol. The highest BCUT2D eigenvalue weighted by Gasteiger charge is 2.61. The molecule has 90 valence electrons. The average molecular weight is 230 g/mol. The molecule has 1 aromatic carbocycles. The third-order valence-electron chi connectivity index (χ3n) is 4.53. The van der Waals surface area contributed by atoms with Gasteiger partial charge in [-0.1, -0.05) is 43.2 Å². The van der Waals surface area contributed by atoms with Crippen molar-refractivity contribution in [2.75, 3.05) is 0 Å². The van der Waals surface area contributed by atoms with E-state index >= 15 is 0 Å². The maximum absolute atomic E-state index is 12.3. The molecular formula is C15H18O2. The number of Topliss-reactive ketones (excluding diaryl/α,β-unsaturated/α-hetero) is 1. The SMILES string of the molecule is O=C(c1ccccc1)[C@@H]1C[C@]12CCCC[C@H]2O. The normalized spacial score (nSPS) is 35.8. The molecule has 0 aliphatic heterocycles. The van der Waals surface area contributed by atoms with Gasteiger partial charge in [0.15, 0.2) is 5.78 Å². The first kappa shape index (κ1) is 11.0. The van der Waals surface area contributed by atoms with E-state index in [1.807, 2.05) is 30.3 Å². The summed E-state index contributed by atoms with van der Waals surface area (Å²) in [5.74, 6) is 0.298. The molecule has 0 heterocycles. The van der Waals surface area contributed by atoms with Gasteiger partial charge < -0.3 is 5.11 Å². The highest BCUT2D eigenvalue weighted by atomic mass is 16.3. The molecule has 1 aromatic rings. The molecule has 17 heavy (non-hydrogen) atoms. The Morgan fingerprint density at radius 1 is 1.24 bits per heavy atom. The summed E-state index contributed by atoms with van der Waals surface area (Å²) < 4.78 is 0. The number of rotatable bonds is 2. The van der Waals surface area contributed by atoms with Crippen molar-refractivity contribution in [2.45, 2.75) is 38.2 Å². The Kier molecular flexibility index (Phi) is 2.55. The van der Waals surface area contributed by atoms with Crippen LogP contribution >= 0.6 is 0 Å². The van der Waals surface area contributed by atoms with Gasteiger partial charge in [0.25, 0.3) is 0 Å². The number of aliphatic hydroxyl groups is 1. The lowest BCUT2D eigenvalue weighted by atomic mass is 9.80. The summed E-state index contributed by atoms with van der Waals surface area (Å²) >= 11 is 0. The third-order valence-corrected chi connectivity index (χ3v) is 4.53. The van der Waals surface area contributed by atoms with E-state index in [9.17, 15) is 9.90 Å². The minimum absolute atomic E-state index is 0.0643. The van der Waals surface area contributed by atoms with Crippen LogP contribution in [0.1, 0.15) is 42.5 Å². The van der Waals surface area contributed by atoms with Crippen LogP contribution in [-0.4, -0.2) is 17.0 Å². The Morgan fingerprint density at radius 2 is 2.00 bits per heavy atom. The molecule has 2 fully saturated rings. The number of hydrogen-bond acceptors (Lipinski definition) is 2. The highest BCUT2D eigenvalue weighted by Crippen LogP contribution is 2.62. The van der Waals surface area contributed by atoms with Crippen LogP contribution in [0.2, 0.25) is 0 Å².